The maximum absolute atomic E-state index is 14.1. The number of nitrogens with one attached hydrogen (secondary N) is 1. The van der Waals surface area contributed by atoms with E-state index in [-0.39, 0.29) is 36.8 Å². The number of hydrogen-bond acceptors (Lipinski definition) is 17. The van der Waals surface area contributed by atoms with Crippen LogP contribution in [0.25, 0.3) is 0 Å². The molecule has 0 spiro atoms. The van der Waals surface area contributed by atoms with Crippen molar-refractivity contribution >= 4 is 35.6 Å². The van der Waals surface area contributed by atoms with Crippen LogP contribution in [0.1, 0.15) is 51.0 Å². The molecule has 1 unspecified atom stereocenters. The van der Waals surface area contributed by atoms with E-state index in [0.717, 1.165) is 12.1 Å². The molecule has 23 heteroatoms. The summed E-state index contributed by atoms with van der Waals surface area (Å²) in [4.78, 5) is 53.6. The van der Waals surface area contributed by atoms with E-state index in [1.54, 1.807) is 22.7 Å². The molecule has 340 valence electrons. The molecule has 2 aliphatic rings. The Balaban J connectivity index is 1.20. The number of aliphatic hydroxyl groups excluding tert-OH is 1. The minimum atomic E-state index is -0.549. The highest BCUT2D eigenvalue weighted by atomic mass is 16.5. The number of aliphatic hydroxyl groups is 1. The van der Waals surface area contributed by atoms with Gasteiger partial charge in [0.1, 0.15) is 19.2 Å². The molecule has 2 amide bonds. The Hall–Kier alpha value is -5.70. The summed E-state index contributed by atoms with van der Waals surface area (Å²) in [6, 6.07) is -0.499. The second-order valence-electron chi connectivity index (χ2n) is 15.2. The number of carbonyl (C=O) groups is 2. The Morgan fingerprint density at radius 1 is 0.871 bits per heavy atom. The Bertz CT molecular complexity index is 1900. The zero-order valence-corrected chi connectivity index (χ0v) is 36.2. The lowest BCUT2D eigenvalue weighted by Gasteiger charge is -2.38. The van der Waals surface area contributed by atoms with Gasteiger partial charge in [-0.3, -0.25) is 14.6 Å². The van der Waals surface area contributed by atoms with Gasteiger partial charge in [0, 0.05) is 84.3 Å². The van der Waals surface area contributed by atoms with Gasteiger partial charge in [0.2, 0.25) is 29.7 Å². The van der Waals surface area contributed by atoms with Gasteiger partial charge in [-0.05, 0) is 25.7 Å². The number of anilines is 3. The second kappa shape index (κ2) is 24.7. The molecule has 3 aromatic heterocycles. The number of terminal acetylenes is 1. The fourth-order valence-electron chi connectivity index (χ4n) is 6.91. The normalized spacial score (nSPS) is 15.9. The lowest BCUT2D eigenvalue weighted by atomic mass is 9.97. The molecule has 0 aromatic carbocycles. The first-order valence-electron chi connectivity index (χ1n) is 21.3. The van der Waals surface area contributed by atoms with Gasteiger partial charge in [-0.25, -0.2) is 9.36 Å². The average molecular weight is 866 g/mol. The predicted molar refractivity (Wildman–Crippen MR) is 230 cm³/mol. The predicted octanol–water partition coefficient (Wildman–Crippen LogP) is -1.44. The van der Waals surface area contributed by atoms with Gasteiger partial charge >= 0.3 is 0 Å². The molecule has 62 heavy (non-hydrogen) atoms. The molecule has 5 heterocycles. The topological polar surface area (TPSA) is 272 Å². The summed E-state index contributed by atoms with van der Waals surface area (Å²) >= 11 is 0. The molecule has 2 saturated heterocycles. The van der Waals surface area contributed by atoms with Crippen LogP contribution in [0.5, 0.6) is 0 Å². The third-order valence-electron chi connectivity index (χ3n) is 10.4. The fraction of sp³-hybridized carbons (Fsp3) is 0.692. The van der Waals surface area contributed by atoms with Gasteiger partial charge in [-0.1, -0.05) is 36.6 Å². The van der Waals surface area contributed by atoms with Crippen LogP contribution < -0.4 is 26.6 Å². The quantitative estimate of drug-likeness (QED) is 0.0329. The van der Waals surface area contributed by atoms with Gasteiger partial charge in [0.25, 0.3) is 0 Å². The molecule has 3 aromatic rings. The van der Waals surface area contributed by atoms with Crippen molar-refractivity contribution in [2.24, 2.45) is 22.4 Å². The van der Waals surface area contributed by atoms with Crippen LogP contribution in [0, 0.1) is 18.3 Å². The number of nitrogens with two attached hydrogens (primary N) is 2. The first kappa shape index (κ1) is 47.4. The first-order chi connectivity index (χ1) is 30.0. The van der Waals surface area contributed by atoms with E-state index < -0.39 is 12.1 Å². The Morgan fingerprint density at radius 2 is 1.50 bits per heavy atom. The van der Waals surface area contributed by atoms with Crippen LogP contribution in [0.4, 0.5) is 17.8 Å². The number of aliphatic imine (C=N–C) groups is 1. The average Bonchev–Trinajstić information content (AvgIpc) is 3.93. The van der Waals surface area contributed by atoms with Crippen molar-refractivity contribution in [1.82, 2.24) is 54.7 Å². The van der Waals surface area contributed by atoms with Crippen LogP contribution >= 0.6 is 0 Å². The highest BCUT2D eigenvalue weighted by molar-refractivity contribution is 5.81. The smallest absolute Gasteiger partial charge is 0.247 e. The van der Waals surface area contributed by atoms with E-state index in [1.807, 2.05) is 16.0 Å². The number of rotatable bonds is 25. The fourth-order valence-corrected chi connectivity index (χ4v) is 6.91. The number of piperazine rings is 2. The zero-order valence-electron chi connectivity index (χ0n) is 36.2. The SMILES string of the molecule is C#CCOCCOCCOCCNc1nc(N2CCN(C(=O)Cn3cc(CC(C)O)nn3)CC2)nc(N2CCN(C(=O)[C@H]([C@@H](C)CC)n3cc(CCCN=C(N)N)nn3)CC2)n1. The van der Waals surface area contributed by atoms with E-state index in [9.17, 15) is 14.7 Å². The molecule has 3 atom stereocenters. The monoisotopic (exact) mass is 866 g/mol. The van der Waals surface area contributed by atoms with Crippen molar-refractivity contribution in [3.63, 3.8) is 0 Å². The third kappa shape index (κ3) is 14.7. The van der Waals surface area contributed by atoms with Gasteiger partial charge < -0.3 is 55.7 Å². The van der Waals surface area contributed by atoms with E-state index in [1.165, 1.54) is 4.68 Å². The van der Waals surface area contributed by atoms with Crippen molar-refractivity contribution in [2.75, 3.05) is 120 Å². The maximum Gasteiger partial charge on any atom is 0.247 e. The summed E-state index contributed by atoms with van der Waals surface area (Å²) in [6.07, 6.45) is 10.7. The Kier molecular flexibility index (Phi) is 18.8. The summed E-state index contributed by atoms with van der Waals surface area (Å²) in [5.74, 6) is 3.78. The van der Waals surface area contributed by atoms with E-state index in [0.29, 0.717) is 141 Å². The van der Waals surface area contributed by atoms with Crippen LogP contribution in [-0.2, 0) is 43.2 Å². The number of hydrogen-bond donors (Lipinski definition) is 4. The highest BCUT2D eigenvalue weighted by Crippen LogP contribution is 2.25. The number of aromatic nitrogens is 9. The molecule has 0 bridgehead atoms. The van der Waals surface area contributed by atoms with Crippen molar-refractivity contribution in [1.29, 1.82) is 0 Å². The zero-order chi connectivity index (χ0) is 44.3. The van der Waals surface area contributed by atoms with Gasteiger partial charge in [-0.15, -0.1) is 16.6 Å². The van der Waals surface area contributed by atoms with E-state index >= 15 is 0 Å². The Labute approximate surface area is 362 Å². The van der Waals surface area contributed by atoms with Crippen LogP contribution in [0.15, 0.2) is 17.4 Å². The molecule has 23 nitrogen and oxygen atoms in total. The molecule has 5 rings (SSSR count). The largest absolute Gasteiger partial charge is 0.393 e. The van der Waals surface area contributed by atoms with Gasteiger partial charge in [-0.2, -0.15) is 15.0 Å². The summed E-state index contributed by atoms with van der Waals surface area (Å²) in [5, 5.41) is 29.8. The summed E-state index contributed by atoms with van der Waals surface area (Å²) in [6.45, 7) is 13.0. The molecule has 2 aliphatic heterocycles. The molecular weight excluding hydrogens is 803 g/mol. The van der Waals surface area contributed by atoms with Crippen molar-refractivity contribution < 1.29 is 28.9 Å². The van der Waals surface area contributed by atoms with Crippen LogP contribution in [0.2, 0.25) is 0 Å². The summed E-state index contributed by atoms with van der Waals surface area (Å²) < 4.78 is 19.7. The molecular formula is C39H63N17O6. The Morgan fingerprint density at radius 3 is 2.13 bits per heavy atom. The number of guanidine groups is 1. The standard InChI is InChI=1S/C39H63N17O6/c1-5-19-60-21-23-62-24-22-61-20-10-43-37-44-38(53-15-11-51(12-16-53)33(58)28-55-26-32(48-49-55)25-30(4)57)46-39(45-37)54-17-13-52(14-18-54)35(59)34(29(3)6-2)56-27-31(47-50-56)8-7-9-42-36(40)41/h1,26-27,29-30,34,57H,6-25,28H2,2-4H3,(H4,40,41,42)(H,43,44,45,46)/t29-,30?,34-/m0/s1. The number of nitrogens with zero attached hydrogens (tertiary/aromatic N) is 14. The van der Waals surface area contributed by atoms with Crippen molar-refractivity contribution in [3.8, 4) is 12.3 Å². The van der Waals surface area contributed by atoms with Crippen LogP contribution in [0.3, 0.4) is 0 Å². The maximum atomic E-state index is 14.1. The summed E-state index contributed by atoms with van der Waals surface area (Å²) in [7, 11) is 0. The first-order valence-corrected chi connectivity index (χ1v) is 21.3. The number of amides is 2. The molecule has 0 radical (unpaired) electrons. The van der Waals surface area contributed by atoms with Crippen molar-refractivity contribution in [2.45, 2.75) is 65.1 Å². The second-order valence-corrected chi connectivity index (χ2v) is 15.2. The van der Waals surface area contributed by atoms with E-state index in [2.05, 4.69) is 55.6 Å². The molecule has 2 fully saturated rings. The minimum Gasteiger partial charge on any atom is -0.393 e. The van der Waals surface area contributed by atoms with Crippen molar-refractivity contribution in [3.05, 3.63) is 23.8 Å². The van der Waals surface area contributed by atoms with E-state index in [4.69, 9.17) is 47.1 Å². The minimum absolute atomic E-state index is 0.00582. The molecule has 0 aliphatic carbocycles. The summed E-state index contributed by atoms with van der Waals surface area (Å²) in [5.41, 5.74) is 12.3. The number of ether oxygens (including phenoxy) is 3. The number of carbonyl (C=O) groups excluding carboxylic acids is 2. The number of aryl methyl sites for hydroxylation is 1. The third-order valence-corrected chi connectivity index (χ3v) is 10.4. The molecule has 6 N–H and O–H groups in total. The molecule has 0 saturated carbocycles. The highest BCUT2D eigenvalue weighted by Gasteiger charge is 2.34. The lowest BCUT2D eigenvalue weighted by molar-refractivity contribution is -0.137. The van der Waals surface area contributed by atoms with Crippen LogP contribution in [-0.4, -0.2) is 189 Å². The van der Waals surface area contributed by atoms with Gasteiger partial charge in [0.05, 0.1) is 50.5 Å². The van der Waals surface area contributed by atoms with Gasteiger partial charge in [0.15, 0.2) is 5.96 Å². The lowest BCUT2D eigenvalue weighted by Crippen LogP contribution is -2.52.